The first kappa shape index (κ1) is 19.5. The van der Waals surface area contributed by atoms with Crippen LogP contribution < -0.4 is 4.74 Å². The van der Waals surface area contributed by atoms with Crippen molar-refractivity contribution in [2.24, 2.45) is 11.8 Å². The minimum Gasteiger partial charge on any atom is -0.497 e. The van der Waals surface area contributed by atoms with Gasteiger partial charge in [-0.1, -0.05) is 23.8 Å². The molecule has 5 atom stereocenters. The van der Waals surface area contributed by atoms with Gasteiger partial charge in [0, 0.05) is 5.92 Å². The molecular weight excluding hydrogens is 356 g/mol. The zero-order valence-corrected chi connectivity index (χ0v) is 17.0. The number of carbonyl (C=O) groups is 1. The van der Waals surface area contributed by atoms with E-state index in [1.54, 1.807) is 7.11 Å². The lowest BCUT2D eigenvalue weighted by molar-refractivity contribution is -0.146. The standard InChI is InChI=1S/C23H30O5/c1-15-5-4-12-23(2)21(28-23)20-18(11-6-15)19(22(24)27-20)14-26-13-16-7-9-17(25-3)10-8-16/h5,7-10,18-21H,4,6,11-14H2,1-3H3. The topological polar surface area (TPSA) is 57.3 Å². The maximum atomic E-state index is 12.6. The van der Waals surface area contributed by atoms with Crippen LogP contribution >= 0.6 is 0 Å². The van der Waals surface area contributed by atoms with Gasteiger partial charge in [-0.2, -0.15) is 0 Å². The van der Waals surface area contributed by atoms with Crippen LogP contribution in [0.1, 0.15) is 45.1 Å². The molecule has 152 valence electrons. The number of carbonyl (C=O) groups excluding carboxylic acids is 1. The first-order valence-corrected chi connectivity index (χ1v) is 10.2. The Morgan fingerprint density at radius 2 is 2.04 bits per heavy atom. The normalized spacial score (nSPS) is 34.7. The number of ether oxygens (including phenoxy) is 4. The van der Waals surface area contributed by atoms with E-state index in [1.165, 1.54) is 5.57 Å². The highest BCUT2D eigenvalue weighted by Gasteiger charge is 2.62. The second kappa shape index (κ2) is 7.88. The first-order valence-electron chi connectivity index (χ1n) is 10.2. The van der Waals surface area contributed by atoms with Crippen LogP contribution in [-0.4, -0.2) is 37.5 Å². The van der Waals surface area contributed by atoms with E-state index in [0.29, 0.717) is 13.2 Å². The molecule has 0 saturated carbocycles. The Morgan fingerprint density at radius 1 is 1.25 bits per heavy atom. The molecule has 2 saturated heterocycles. The maximum Gasteiger partial charge on any atom is 0.312 e. The Morgan fingerprint density at radius 3 is 2.79 bits per heavy atom. The van der Waals surface area contributed by atoms with Crippen LogP contribution in [-0.2, 0) is 25.6 Å². The SMILES string of the molecule is COc1ccc(COCC2C(=O)OC3C2CCC(C)=CCCC2(C)OC32)cc1. The summed E-state index contributed by atoms with van der Waals surface area (Å²) in [5.41, 5.74) is 2.29. The Hall–Kier alpha value is -1.85. The van der Waals surface area contributed by atoms with Gasteiger partial charge in [-0.15, -0.1) is 0 Å². The number of rotatable bonds is 5. The number of hydrogen-bond donors (Lipinski definition) is 0. The van der Waals surface area contributed by atoms with Gasteiger partial charge in [0.25, 0.3) is 0 Å². The van der Waals surface area contributed by atoms with Crippen molar-refractivity contribution in [1.82, 2.24) is 0 Å². The molecule has 1 aromatic carbocycles. The van der Waals surface area contributed by atoms with Crippen molar-refractivity contribution >= 4 is 5.97 Å². The van der Waals surface area contributed by atoms with Crippen molar-refractivity contribution in [3.05, 3.63) is 41.5 Å². The largest absolute Gasteiger partial charge is 0.497 e. The van der Waals surface area contributed by atoms with E-state index in [2.05, 4.69) is 19.9 Å². The molecule has 2 heterocycles. The van der Waals surface area contributed by atoms with Gasteiger partial charge in [0.2, 0.25) is 0 Å². The van der Waals surface area contributed by atoms with E-state index in [9.17, 15) is 4.79 Å². The lowest BCUT2D eigenvalue weighted by Gasteiger charge is -2.22. The van der Waals surface area contributed by atoms with Crippen molar-refractivity contribution < 1.29 is 23.7 Å². The minimum atomic E-state index is -0.219. The third kappa shape index (κ3) is 3.96. The Balaban J connectivity index is 1.41. The average molecular weight is 386 g/mol. The van der Waals surface area contributed by atoms with E-state index in [-0.39, 0.29) is 35.6 Å². The number of epoxide rings is 1. The molecule has 0 bridgehead atoms. The Kier molecular flexibility index (Phi) is 5.48. The Bertz CT molecular complexity index is 740. The highest BCUT2D eigenvalue weighted by Crippen LogP contribution is 2.50. The van der Waals surface area contributed by atoms with E-state index in [4.69, 9.17) is 18.9 Å². The number of fused-ring (bicyclic) bond motifs is 3. The molecule has 4 rings (SSSR count). The summed E-state index contributed by atoms with van der Waals surface area (Å²) in [6.07, 6.45) is 6.14. The summed E-state index contributed by atoms with van der Waals surface area (Å²) >= 11 is 0. The predicted octanol–water partition coefficient (Wildman–Crippen LogP) is 4.05. The average Bonchev–Trinajstić information content (AvgIpc) is 3.26. The summed E-state index contributed by atoms with van der Waals surface area (Å²) < 4.78 is 22.9. The van der Waals surface area contributed by atoms with Gasteiger partial charge < -0.3 is 18.9 Å². The van der Waals surface area contributed by atoms with E-state index in [1.807, 2.05) is 24.3 Å². The third-order valence-electron chi connectivity index (χ3n) is 6.46. The molecule has 3 aliphatic rings. The molecule has 1 aromatic rings. The van der Waals surface area contributed by atoms with Gasteiger partial charge in [0.15, 0.2) is 0 Å². The summed E-state index contributed by atoms with van der Waals surface area (Å²) in [4.78, 5) is 12.6. The molecule has 5 heteroatoms. The molecule has 5 unspecified atom stereocenters. The number of allylic oxidation sites excluding steroid dienone is 2. The van der Waals surface area contributed by atoms with Crippen molar-refractivity contribution in [2.75, 3.05) is 13.7 Å². The van der Waals surface area contributed by atoms with Crippen LogP contribution in [0, 0.1) is 11.8 Å². The van der Waals surface area contributed by atoms with E-state index in [0.717, 1.165) is 37.0 Å². The Labute approximate surface area is 167 Å². The zero-order chi connectivity index (χ0) is 19.7. The monoisotopic (exact) mass is 386 g/mol. The van der Waals surface area contributed by atoms with Crippen LogP contribution in [0.15, 0.2) is 35.9 Å². The van der Waals surface area contributed by atoms with Crippen LogP contribution in [0.4, 0.5) is 0 Å². The minimum absolute atomic E-state index is 0.0276. The number of methoxy groups -OCH3 is 1. The molecule has 2 fully saturated rings. The summed E-state index contributed by atoms with van der Waals surface area (Å²) in [6, 6.07) is 7.80. The highest BCUT2D eigenvalue weighted by atomic mass is 16.6. The molecule has 5 nitrogen and oxygen atoms in total. The lowest BCUT2D eigenvalue weighted by Crippen LogP contribution is -2.31. The molecule has 1 aliphatic carbocycles. The van der Waals surface area contributed by atoms with Gasteiger partial charge in [-0.05, 0) is 57.2 Å². The molecule has 28 heavy (non-hydrogen) atoms. The van der Waals surface area contributed by atoms with Crippen LogP contribution in [0.25, 0.3) is 0 Å². The fourth-order valence-electron chi connectivity index (χ4n) is 4.55. The molecule has 0 N–H and O–H groups in total. The summed E-state index contributed by atoms with van der Waals surface area (Å²) in [5.74, 6) is 0.618. The molecule has 0 aromatic heterocycles. The van der Waals surface area contributed by atoms with Gasteiger partial charge in [-0.25, -0.2) is 0 Å². The molecule has 0 radical (unpaired) electrons. The predicted molar refractivity (Wildman–Crippen MR) is 105 cm³/mol. The van der Waals surface area contributed by atoms with Gasteiger partial charge in [-0.3, -0.25) is 4.79 Å². The molecule has 0 amide bonds. The smallest absolute Gasteiger partial charge is 0.312 e. The number of esters is 1. The summed E-state index contributed by atoms with van der Waals surface area (Å²) in [6.45, 7) is 5.18. The van der Waals surface area contributed by atoms with Crippen molar-refractivity contribution in [2.45, 2.75) is 63.9 Å². The fourth-order valence-corrected chi connectivity index (χ4v) is 4.55. The molecular formula is C23H30O5. The number of benzene rings is 1. The van der Waals surface area contributed by atoms with Crippen LogP contribution in [0.3, 0.4) is 0 Å². The second-order valence-electron chi connectivity index (χ2n) is 8.51. The molecule has 2 aliphatic heterocycles. The van der Waals surface area contributed by atoms with Crippen molar-refractivity contribution in [3.8, 4) is 5.75 Å². The van der Waals surface area contributed by atoms with Gasteiger partial charge in [0.05, 0.1) is 31.8 Å². The zero-order valence-electron chi connectivity index (χ0n) is 17.0. The first-order chi connectivity index (χ1) is 13.5. The summed E-state index contributed by atoms with van der Waals surface area (Å²) in [7, 11) is 1.65. The number of hydrogen-bond acceptors (Lipinski definition) is 5. The van der Waals surface area contributed by atoms with Gasteiger partial charge >= 0.3 is 5.97 Å². The van der Waals surface area contributed by atoms with Crippen LogP contribution in [0.2, 0.25) is 0 Å². The highest BCUT2D eigenvalue weighted by molar-refractivity contribution is 5.75. The lowest BCUT2D eigenvalue weighted by atomic mass is 9.81. The van der Waals surface area contributed by atoms with Gasteiger partial charge in [0.1, 0.15) is 18.0 Å². The van der Waals surface area contributed by atoms with Crippen molar-refractivity contribution in [3.63, 3.8) is 0 Å². The van der Waals surface area contributed by atoms with Crippen LogP contribution in [0.5, 0.6) is 5.75 Å². The fraction of sp³-hybridized carbons (Fsp3) is 0.609. The van der Waals surface area contributed by atoms with Crippen molar-refractivity contribution in [1.29, 1.82) is 0 Å². The van der Waals surface area contributed by atoms with E-state index >= 15 is 0 Å². The van der Waals surface area contributed by atoms with E-state index < -0.39 is 0 Å². The summed E-state index contributed by atoms with van der Waals surface area (Å²) in [5, 5.41) is 0. The quantitative estimate of drug-likeness (QED) is 0.434. The molecule has 0 spiro atoms. The third-order valence-corrected chi connectivity index (χ3v) is 6.46. The maximum absolute atomic E-state index is 12.6. The second-order valence-corrected chi connectivity index (χ2v) is 8.51.